The SMILES string of the molecule is O=C(N1CC[C@@H](c2ccccc2)C1)C1(c2ccccc2)CCOCC1. The van der Waals surface area contributed by atoms with Crippen molar-refractivity contribution in [1.82, 2.24) is 4.90 Å². The van der Waals surface area contributed by atoms with Crippen LogP contribution < -0.4 is 0 Å². The van der Waals surface area contributed by atoms with Gasteiger partial charge in [-0.2, -0.15) is 0 Å². The van der Waals surface area contributed by atoms with Gasteiger partial charge in [-0.05, 0) is 30.4 Å². The first-order chi connectivity index (χ1) is 12.3. The van der Waals surface area contributed by atoms with Crippen LogP contribution in [-0.4, -0.2) is 37.1 Å². The van der Waals surface area contributed by atoms with Crippen molar-refractivity contribution in [3.8, 4) is 0 Å². The second kappa shape index (κ2) is 7.01. The molecule has 2 aromatic carbocycles. The summed E-state index contributed by atoms with van der Waals surface area (Å²) in [6.45, 7) is 3.01. The molecule has 1 atom stereocenters. The van der Waals surface area contributed by atoms with Crippen LogP contribution in [0, 0.1) is 0 Å². The number of hydrogen-bond donors (Lipinski definition) is 0. The molecule has 2 aromatic rings. The standard InChI is InChI=1S/C22H25NO2/c24-21(23-14-11-19(17-23)18-7-3-1-4-8-18)22(12-15-25-16-13-22)20-9-5-2-6-10-20/h1-10,19H,11-17H2/t19-/m1/s1. The van der Waals surface area contributed by atoms with Gasteiger partial charge in [0.1, 0.15) is 0 Å². The minimum absolute atomic E-state index is 0.292. The van der Waals surface area contributed by atoms with Crippen molar-refractivity contribution >= 4 is 5.91 Å². The Labute approximate surface area is 149 Å². The number of amides is 1. The van der Waals surface area contributed by atoms with E-state index in [2.05, 4.69) is 41.3 Å². The molecule has 0 aromatic heterocycles. The third-order valence-corrected chi connectivity index (χ3v) is 5.83. The van der Waals surface area contributed by atoms with Gasteiger partial charge in [0.15, 0.2) is 0 Å². The predicted molar refractivity (Wildman–Crippen MR) is 98.6 cm³/mol. The maximum Gasteiger partial charge on any atom is 0.233 e. The second-order valence-corrected chi connectivity index (χ2v) is 7.21. The Bertz CT molecular complexity index is 707. The van der Waals surface area contributed by atoms with E-state index >= 15 is 0 Å². The quantitative estimate of drug-likeness (QED) is 0.855. The molecule has 0 spiro atoms. The molecular weight excluding hydrogens is 310 g/mol. The first-order valence-electron chi connectivity index (χ1n) is 9.27. The van der Waals surface area contributed by atoms with E-state index < -0.39 is 5.41 Å². The molecule has 0 saturated carbocycles. The van der Waals surface area contributed by atoms with Crippen LogP contribution in [0.2, 0.25) is 0 Å². The molecule has 1 amide bonds. The van der Waals surface area contributed by atoms with Crippen LogP contribution in [0.5, 0.6) is 0 Å². The van der Waals surface area contributed by atoms with E-state index in [1.54, 1.807) is 0 Å². The van der Waals surface area contributed by atoms with Gasteiger partial charge in [-0.3, -0.25) is 4.79 Å². The second-order valence-electron chi connectivity index (χ2n) is 7.21. The lowest BCUT2D eigenvalue weighted by molar-refractivity contribution is -0.140. The Hall–Kier alpha value is -2.13. The number of carbonyl (C=O) groups is 1. The van der Waals surface area contributed by atoms with Gasteiger partial charge in [-0.1, -0.05) is 60.7 Å². The van der Waals surface area contributed by atoms with Crippen LogP contribution in [-0.2, 0) is 14.9 Å². The topological polar surface area (TPSA) is 29.5 Å². The van der Waals surface area contributed by atoms with Crippen LogP contribution in [0.4, 0.5) is 0 Å². The molecule has 130 valence electrons. The average Bonchev–Trinajstić information content (AvgIpc) is 3.19. The first kappa shape index (κ1) is 16.3. The van der Waals surface area contributed by atoms with Gasteiger partial charge in [0, 0.05) is 32.2 Å². The van der Waals surface area contributed by atoms with Gasteiger partial charge in [-0.15, -0.1) is 0 Å². The zero-order chi connectivity index (χ0) is 17.1. The molecule has 4 rings (SSSR count). The van der Waals surface area contributed by atoms with E-state index in [1.807, 2.05) is 24.3 Å². The van der Waals surface area contributed by atoms with Crippen molar-refractivity contribution in [2.45, 2.75) is 30.6 Å². The molecule has 0 aliphatic carbocycles. The highest BCUT2D eigenvalue weighted by molar-refractivity contribution is 5.88. The predicted octanol–water partition coefficient (Wildman–Crippen LogP) is 3.75. The molecule has 2 aliphatic heterocycles. The lowest BCUT2D eigenvalue weighted by Gasteiger charge is -2.39. The lowest BCUT2D eigenvalue weighted by atomic mass is 9.73. The smallest absolute Gasteiger partial charge is 0.233 e. The maximum atomic E-state index is 13.6. The van der Waals surface area contributed by atoms with Crippen molar-refractivity contribution in [1.29, 1.82) is 0 Å². The summed E-state index contributed by atoms with van der Waals surface area (Å²) in [5, 5.41) is 0. The highest BCUT2D eigenvalue weighted by Gasteiger charge is 2.45. The number of ether oxygens (including phenoxy) is 1. The maximum absolute atomic E-state index is 13.6. The van der Waals surface area contributed by atoms with Crippen molar-refractivity contribution in [2.24, 2.45) is 0 Å². The van der Waals surface area contributed by atoms with Crippen molar-refractivity contribution in [3.05, 3.63) is 71.8 Å². The fraction of sp³-hybridized carbons (Fsp3) is 0.409. The highest BCUT2D eigenvalue weighted by atomic mass is 16.5. The molecule has 0 radical (unpaired) electrons. The van der Waals surface area contributed by atoms with Gasteiger partial charge in [0.2, 0.25) is 5.91 Å². The van der Waals surface area contributed by atoms with Crippen LogP contribution in [0.25, 0.3) is 0 Å². The molecule has 2 heterocycles. The molecule has 2 fully saturated rings. The number of hydrogen-bond acceptors (Lipinski definition) is 2. The molecular formula is C22H25NO2. The fourth-order valence-electron chi connectivity index (χ4n) is 4.35. The van der Waals surface area contributed by atoms with Crippen molar-refractivity contribution < 1.29 is 9.53 Å². The Morgan fingerprint density at radius 1 is 0.960 bits per heavy atom. The Balaban J connectivity index is 1.58. The fourth-order valence-corrected chi connectivity index (χ4v) is 4.35. The molecule has 3 nitrogen and oxygen atoms in total. The summed E-state index contributed by atoms with van der Waals surface area (Å²) >= 11 is 0. The van der Waals surface area contributed by atoms with Gasteiger partial charge in [-0.25, -0.2) is 0 Å². The van der Waals surface area contributed by atoms with Crippen LogP contribution in [0.15, 0.2) is 60.7 Å². The van der Waals surface area contributed by atoms with Gasteiger partial charge in [0.05, 0.1) is 5.41 Å². The van der Waals surface area contributed by atoms with E-state index in [4.69, 9.17) is 4.74 Å². The summed E-state index contributed by atoms with van der Waals surface area (Å²) in [4.78, 5) is 15.7. The summed E-state index contributed by atoms with van der Waals surface area (Å²) in [7, 11) is 0. The number of carbonyl (C=O) groups excluding carboxylic acids is 1. The minimum atomic E-state index is -0.412. The largest absolute Gasteiger partial charge is 0.381 e. The molecule has 25 heavy (non-hydrogen) atoms. The normalized spacial score (nSPS) is 22.7. The number of rotatable bonds is 3. The molecule has 0 unspecified atom stereocenters. The Morgan fingerprint density at radius 3 is 2.28 bits per heavy atom. The van der Waals surface area contributed by atoms with E-state index in [-0.39, 0.29) is 0 Å². The van der Waals surface area contributed by atoms with Crippen LogP contribution in [0.3, 0.4) is 0 Å². The van der Waals surface area contributed by atoms with Gasteiger partial charge >= 0.3 is 0 Å². The number of likely N-dealkylation sites (tertiary alicyclic amines) is 1. The monoisotopic (exact) mass is 335 g/mol. The van der Waals surface area contributed by atoms with Crippen LogP contribution in [0.1, 0.15) is 36.3 Å². The average molecular weight is 335 g/mol. The van der Waals surface area contributed by atoms with Crippen molar-refractivity contribution in [3.63, 3.8) is 0 Å². The molecule has 0 N–H and O–H groups in total. The van der Waals surface area contributed by atoms with E-state index in [1.165, 1.54) is 5.56 Å². The Morgan fingerprint density at radius 2 is 1.60 bits per heavy atom. The molecule has 0 bridgehead atoms. The van der Waals surface area contributed by atoms with Crippen LogP contribution >= 0.6 is 0 Å². The summed E-state index contributed by atoms with van der Waals surface area (Å²) in [6.07, 6.45) is 2.61. The highest BCUT2D eigenvalue weighted by Crippen LogP contribution is 2.39. The molecule has 2 saturated heterocycles. The minimum Gasteiger partial charge on any atom is -0.381 e. The number of benzene rings is 2. The van der Waals surface area contributed by atoms with E-state index in [0.29, 0.717) is 25.0 Å². The third-order valence-electron chi connectivity index (χ3n) is 5.83. The summed E-state index contributed by atoms with van der Waals surface area (Å²) < 4.78 is 5.58. The lowest BCUT2D eigenvalue weighted by Crippen LogP contribution is -2.49. The summed E-state index contributed by atoms with van der Waals surface area (Å²) in [5.41, 5.74) is 2.08. The van der Waals surface area contributed by atoms with E-state index in [0.717, 1.165) is 37.9 Å². The zero-order valence-corrected chi connectivity index (χ0v) is 14.6. The Kier molecular flexibility index (Phi) is 4.58. The number of nitrogens with zero attached hydrogens (tertiary/aromatic N) is 1. The van der Waals surface area contributed by atoms with E-state index in [9.17, 15) is 4.79 Å². The molecule has 3 heteroatoms. The zero-order valence-electron chi connectivity index (χ0n) is 14.6. The third kappa shape index (κ3) is 3.09. The summed E-state index contributed by atoms with van der Waals surface area (Å²) in [6, 6.07) is 20.9. The van der Waals surface area contributed by atoms with Crippen molar-refractivity contribution in [2.75, 3.05) is 26.3 Å². The van der Waals surface area contributed by atoms with Gasteiger partial charge in [0.25, 0.3) is 0 Å². The summed E-state index contributed by atoms with van der Waals surface area (Å²) in [5.74, 6) is 0.748. The van der Waals surface area contributed by atoms with Gasteiger partial charge < -0.3 is 9.64 Å². The first-order valence-corrected chi connectivity index (χ1v) is 9.27. The molecule has 2 aliphatic rings.